The van der Waals surface area contributed by atoms with E-state index in [2.05, 4.69) is 38.7 Å². The number of carbonyl (C=O) groups is 1. The Balaban J connectivity index is 1.47. The van der Waals surface area contributed by atoms with E-state index in [9.17, 15) is 4.79 Å². The van der Waals surface area contributed by atoms with Crippen LogP contribution in [0.1, 0.15) is 21.1 Å². The summed E-state index contributed by atoms with van der Waals surface area (Å²) in [5, 5.41) is 9.94. The molecule has 0 unspecified atom stereocenters. The number of rotatable bonds is 7. The molecule has 0 aliphatic heterocycles. The molecule has 4 rings (SSSR count). The molecule has 0 atom stereocenters. The topological polar surface area (TPSA) is 106 Å². The minimum Gasteiger partial charge on any atom is -0.356 e. The molecule has 4 aromatic rings. The van der Waals surface area contributed by atoms with Gasteiger partial charge >= 0.3 is 0 Å². The van der Waals surface area contributed by atoms with Crippen molar-refractivity contribution in [2.24, 2.45) is 0 Å². The molecule has 0 aliphatic carbocycles. The van der Waals surface area contributed by atoms with Gasteiger partial charge in [0.1, 0.15) is 5.69 Å². The van der Waals surface area contributed by atoms with E-state index in [1.54, 1.807) is 41.9 Å². The minimum absolute atomic E-state index is 0.218. The van der Waals surface area contributed by atoms with Gasteiger partial charge in [-0.3, -0.25) is 9.78 Å². The highest BCUT2D eigenvalue weighted by Crippen LogP contribution is 2.35. The van der Waals surface area contributed by atoms with Crippen molar-refractivity contribution in [3.8, 4) is 21.9 Å². The SMILES string of the molecule is Cc1cc(-c2cnc(NCCNC(=O)c3ccccn3)nc2-c2ccc(C)s2)on1. The van der Waals surface area contributed by atoms with Crippen LogP contribution in [0.5, 0.6) is 0 Å². The predicted molar refractivity (Wildman–Crippen MR) is 115 cm³/mol. The highest BCUT2D eigenvalue weighted by atomic mass is 32.1. The van der Waals surface area contributed by atoms with E-state index in [0.29, 0.717) is 30.5 Å². The van der Waals surface area contributed by atoms with Crippen LogP contribution in [0.3, 0.4) is 0 Å². The maximum Gasteiger partial charge on any atom is 0.269 e. The molecule has 2 N–H and O–H groups in total. The van der Waals surface area contributed by atoms with Crippen molar-refractivity contribution in [1.29, 1.82) is 0 Å². The van der Waals surface area contributed by atoms with E-state index >= 15 is 0 Å². The van der Waals surface area contributed by atoms with Gasteiger partial charge in [0.15, 0.2) is 5.76 Å². The van der Waals surface area contributed by atoms with Crippen LogP contribution in [0.2, 0.25) is 0 Å². The van der Waals surface area contributed by atoms with E-state index in [-0.39, 0.29) is 5.91 Å². The van der Waals surface area contributed by atoms with Crippen molar-refractivity contribution in [1.82, 2.24) is 25.4 Å². The van der Waals surface area contributed by atoms with Crippen molar-refractivity contribution in [3.63, 3.8) is 0 Å². The van der Waals surface area contributed by atoms with Crippen LogP contribution >= 0.6 is 11.3 Å². The maximum atomic E-state index is 12.1. The summed E-state index contributed by atoms with van der Waals surface area (Å²) in [6.45, 7) is 4.81. The smallest absolute Gasteiger partial charge is 0.269 e. The van der Waals surface area contributed by atoms with Gasteiger partial charge in [0, 0.05) is 36.4 Å². The molecule has 4 heterocycles. The monoisotopic (exact) mass is 420 g/mol. The molecule has 8 nitrogen and oxygen atoms in total. The van der Waals surface area contributed by atoms with E-state index in [1.807, 2.05) is 19.1 Å². The van der Waals surface area contributed by atoms with Crippen LogP contribution in [0.15, 0.2) is 53.3 Å². The molecule has 0 radical (unpaired) electrons. The number of anilines is 1. The summed E-state index contributed by atoms with van der Waals surface area (Å²) in [4.78, 5) is 27.4. The highest BCUT2D eigenvalue weighted by Gasteiger charge is 2.16. The molecule has 9 heteroatoms. The Hall–Kier alpha value is -3.59. The first-order valence-electron chi connectivity index (χ1n) is 9.41. The Morgan fingerprint density at radius 3 is 2.73 bits per heavy atom. The zero-order valence-electron chi connectivity index (χ0n) is 16.5. The lowest BCUT2D eigenvalue weighted by Gasteiger charge is -2.09. The fourth-order valence-corrected chi connectivity index (χ4v) is 3.70. The lowest BCUT2D eigenvalue weighted by Crippen LogP contribution is -2.29. The zero-order chi connectivity index (χ0) is 20.9. The number of pyridine rings is 1. The van der Waals surface area contributed by atoms with Gasteiger partial charge in [-0.2, -0.15) is 0 Å². The van der Waals surface area contributed by atoms with Gasteiger partial charge in [0.05, 0.1) is 21.8 Å². The number of nitrogens with zero attached hydrogens (tertiary/aromatic N) is 4. The standard InChI is InChI=1S/C21H20N6O2S/c1-13-11-17(29-27-13)15-12-25-21(26-19(15)18-7-6-14(2)30-18)24-10-9-23-20(28)16-5-3-4-8-22-16/h3-8,11-12H,9-10H2,1-2H3,(H,23,28)(H,24,25,26). The van der Waals surface area contributed by atoms with Crippen LogP contribution in [0.25, 0.3) is 21.9 Å². The van der Waals surface area contributed by atoms with Gasteiger partial charge in [0.2, 0.25) is 5.95 Å². The number of nitrogens with one attached hydrogen (secondary N) is 2. The lowest BCUT2D eigenvalue weighted by atomic mass is 10.1. The van der Waals surface area contributed by atoms with Crippen LogP contribution in [0, 0.1) is 13.8 Å². The van der Waals surface area contributed by atoms with Crippen molar-refractivity contribution >= 4 is 23.2 Å². The molecule has 0 bridgehead atoms. The van der Waals surface area contributed by atoms with E-state index in [4.69, 9.17) is 9.51 Å². The van der Waals surface area contributed by atoms with E-state index in [0.717, 1.165) is 21.8 Å². The largest absolute Gasteiger partial charge is 0.356 e. The number of thiophene rings is 1. The summed E-state index contributed by atoms with van der Waals surface area (Å²) < 4.78 is 5.43. The molecule has 0 saturated carbocycles. The molecule has 0 saturated heterocycles. The second kappa shape index (κ2) is 8.83. The van der Waals surface area contributed by atoms with Crippen molar-refractivity contribution in [3.05, 3.63) is 65.1 Å². The second-order valence-corrected chi connectivity index (χ2v) is 7.88. The molecular formula is C21H20N6O2S. The zero-order valence-corrected chi connectivity index (χ0v) is 17.4. The molecule has 30 heavy (non-hydrogen) atoms. The number of carbonyl (C=O) groups excluding carboxylic acids is 1. The van der Waals surface area contributed by atoms with Crippen LogP contribution in [-0.2, 0) is 0 Å². The third-order valence-electron chi connectivity index (χ3n) is 4.25. The molecule has 0 fully saturated rings. The molecule has 152 valence electrons. The third-order valence-corrected chi connectivity index (χ3v) is 5.25. The number of amides is 1. The molecule has 0 aliphatic rings. The minimum atomic E-state index is -0.218. The first-order chi connectivity index (χ1) is 14.6. The highest BCUT2D eigenvalue weighted by molar-refractivity contribution is 7.15. The Kier molecular flexibility index (Phi) is 5.80. The second-order valence-electron chi connectivity index (χ2n) is 6.60. The normalized spacial score (nSPS) is 10.7. The summed E-state index contributed by atoms with van der Waals surface area (Å²) in [5.74, 6) is 0.884. The summed E-state index contributed by atoms with van der Waals surface area (Å²) >= 11 is 1.65. The Morgan fingerprint density at radius 1 is 1.13 bits per heavy atom. The number of hydrogen-bond acceptors (Lipinski definition) is 8. The van der Waals surface area contributed by atoms with Gasteiger partial charge < -0.3 is 15.2 Å². The van der Waals surface area contributed by atoms with Gasteiger partial charge in [-0.25, -0.2) is 9.97 Å². The predicted octanol–water partition coefficient (Wildman–Crippen LogP) is 3.71. The Bertz CT molecular complexity index is 1160. The van der Waals surface area contributed by atoms with Crippen molar-refractivity contribution < 1.29 is 9.32 Å². The van der Waals surface area contributed by atoms with E-state index < -0.39 is 0 Å². The van der Waals surface area contributed by atoms with Crippen LogP contribution < -0.4 is 10.6 Å². The van der Waals surface area contributed by atoms with Gasteiger partial charge in [0.25, 0.3) is 5.91 Å². The Labute approximate surface area is 177 Å². The Morgan fingerprint density at radius 2 is 2.03 bits per heavy atom. The van der Waals surface area contributed by atoms with E-state index in [1.165, 1.54) is 4.88 Å². The van der Waals surface area contributed by atoms with Gasteiger partial charge in [-0.05, 0) is 38.1 Å². The fraction of sp³-hybridized carbons (Fsp3) is 0.190. The van der Waals surface area contributed by atoms with Gasteiger partial charge in [-0.1, -0.05) is 11.2 Å². The molecule has 0 spiro atoms. The average molecular weight is 420 g/mol. The fourth-order valence-electron chi connectivity index (χ4n) is 2.83. The first kappa shape index (κ1) is 19.7. The number of hydrogen-bond donors (Lipinski definition) is 2. The summed E-state index contributed by atoms with van der Waals surface area (Å²) in [6.07, 6.45) is 3.32. The third kappa shape index (κ3) is 4.52. The quantitative estimate of drug-likeness (QED) is 0.439. The summed E-state index contributed by atoms with van der Waals surface area (Å²) in [7, 11) is 0. The molecule has 0 aromatic carbocycles. The van der Waals surface area contributed by atoms with Crippen molar-refractivity contribution in [2.45, 2.75) is 13.8 Å². The average Bonchev–Trinajstić information content (AvgIpc) is 3.40. The number of aromatic nitrogens is 4. The van der Waals surface area contributed by atoms with Gasteiger partial charge in [-0.15, -0.1) is 11.3 Å². The first-order valence-corrected chi connectivity index (χ1v) is 10.2. The van der Waals surface area contributed by atoms with Crippen LogP contribution in [0.4, 0.5) is 5.95 Å². The van der Waals surface area contributed by atoms with Crippen LogP contribution in [-0.4, -0.2) is 39.1 Å². The molecule has 1 amide bonds. The lowest BCUT2D eigenvalue weighted by molar-refractivity contribution is 0.0950. The number of aryl methyl sites for hydroxylation is 2. The molecular weight excluding hydrogens is 400 g/mol. The summed E-state index contributed by atoms with van der Waals surface area (Å²) in [6, 6.07) is 11.2. The van der Waals surface area contributed by atoms with Crippen molar-refractivity contribution in [2.75, 3.05) is 18.4 Å². The molecule has 4 aromatic heterocycles. The maximum absolute atomic E-state index is 12.1. The summed E-state index contributed by atoms with van der Waals surface area (Å²) in [5.41, 5.74) is 2.74.